The van der Waals surface area contributed by atoms with Gasteiger partial charge in [-0.25, -0.2) is 0 Å². The van der Waals surface area contributed by atoms with Gasteiger partial charge in [0, 0.05) is 11.1 Å². The van der Waals surface area contributed by atoms with E-state index in [2.05, 4.69) is 35.3 Å². The predicted molar refractivity (Wildman–Crippen MR) is 139 cm³/mol. The smallest absolute Gasteiger partial charge is 0.251 e. The molecule has 0 amide bonds. The van der Waals surface area contributed by atoms with Gasteiger partial charge in [0.15, 0.2) is 11.5 Å². The summed E-state index contributed by atoms with van der Waals surface area (Å²) in [4.78, 5) is 15.3. The van der Waals surface area contributed by atoms with Crippen molar-refractivity contribution in [3.63, 3.8) is 0 Å². The van der Waals surface area contributed by atoms with Crippen molar-refractivity contribution in [1.82, 2.24) is 4.98 Å². The number of allylic oxidation sites excluding steroid dienone is 1. The zero-order valence-corrected chi connectivity index (χ0v) is 20.2. The van der Waals surface area contributed by atoms with E-state index in [0.717, 1.165) is 52.3 Å². The van der Waals surface area contributed by atoms with E-state index in [0.29, 0.717) is 13.2 Å². The maximum absolute atomic E-state index is 12.3. The molecule has 1 saturated carbocycles. The second-order valence-electron chi connectivity index (χ2n) is 9.70. The lowest BCUT2D eigenvalue weighted by atomic mass is 9.87. The molecule has 2 heterocycles. The molecule has 3 aromatic rings. The van der Waals surface area contributed by atoms with Crippen LogP contribution in [0.15, 0.2) is 53.3 Å². The van der Waals surface area contributed by atoms with Crippen LogP contribution in [0.1, 0.15) is 75.0 Å². The van der Waals surface area contributed by atoms with E-state index in [1.54, 1.807) is 0 Å². The molecule has 0 saturated heterocycles. The normalized spacial score (nSPS) is 17.4. The lowest BCUT2D eigenvalue weighted by molar-refractivity contribution is 0.171. The van der Waals surface area contributed by atoms with Crippen LogP contribution in [0.4, 0.5) is 0 Å². The fourth-order valence-electron chi connectivity index (χ4n) is 5.36. The zero-order valence-electron chi connectivity index (χ0n) is 20.2. The number of pyridine rings is 1. The number of benzene rings is 2. The highest BCUT2D eigenvalue weighted by Gasteiger charge is 2.16. The van der Waals surface area contributed by atoms with E-state index in [1.165, 1.54) is 56.1 Å². The third kappa shape index (κ3) is 5.06. The van der Waals surface area contributed by atoms with Crippen LogP contribution in [0.25, 0.3) is 16.5 Å². The van der Waals surface area contributed by atoms with Gasteiger partial charge >= 0.3 is 0 Å². The summed E-state index contributed by atoms with van der Waals surface area (Å²) in [5.41, 5.74) is 5.26. The van der Waals surface area contributed by atoms with Gasteiger partial charge in [0.05, 0.1) is 0 Å². The second kappa shape index (κ2) is 10.5. The van der Waals surface area contributed by atoms with E-state index in [1.807, 2.05) is 25.1 Å². The minimum absolute atomic E-state index is 0.00892. The van der Waals surface area contributed by atoms with Crippen LogP contribution in [0.3, 0.4) is 0 Å². The number of aromatic amines is 1. The number of H-pyrrole nitrogens is 1. The van der Waals surface area contributed by atoms with E-state index >= 15 is 0 Å². The minimum atomic E-state index is 0.00892. The Morgan fingerprint density at radius 2 is 1.62 bits per heavy atom. The number of aryl methyl sites for hydroxylation is 1. The standard InChI is InChI=1S/C30H35NO3/c1-2-22-18-25-19-23(11-14-27(25)31-30(22)32)26(13-10-21-8-6-4-3-5-7-9-21)24-12-15-28-29(20-24)34-17-16-33-28/h11-15,18-21H,2-10,16-17H2,1H3,(H,31,32)/b26-13+. The Morgan fingerprint density at radius 1 is 0.912 bits per heavy atom. The number of ether oxygens (including phenoxy) is 2. The Bertz CT molecular complexity index is 1230. The first-order valence-electron chi connectivity index (χ1n) is 13.0. The molecule has 1 aromatic heterocycles. The Labute approximate surface area is 202 Å². The molecule has 178 valence electrons. The number of aromatic nitrogens is 1. The monoisotopic (exact) mass is 457 g/mol. The van der Waals surface area contributed by atoms with Gasteiger partial charge in [0.2, 0.25) is 0 Å². The molecule has 4 heteroatoms. The van der Waals surface area contributed by atoms with Crippen LogP contribution in [-0.4, -0.2) is 18.2 Å². The topological polar surface area (TPSA) is 51.3 Å². The molecule has 0 unspecified atom stereocenters. The summed E-state index contributed by atoms with van der Waals surface area (Å²) in [6.45, 7) is 3.20. The van der Waals surface area contributed by atoms with Gasteiger partial charge in [-0.2, -0.15) is 0 Å². The van der Waals surface area contributed by atoms with Crippen LogP contribution >= 0.6 is 0 Å². The third-order valence-corrected chi connectivity index (χ3v) is 7.35. The molecule has 2 aromatic carbocycles. The minimum Gasteiger partial charge on any atom is -0.486 e. The Balaban J connectivity index is 1.54. The highest BCUT2D eigenvalue weighted by Crippen LogP contribution is 2.36. The Morgan fingerprint density at radius 3 is 2.41 bits per heavy atom. The van der Waals surface area contributed by atoms with Crippen molar-refractivity contribution in [2.24, 2.45) is 5.92 Å². The Kier molecular flexibility index (Phi) is 7.03. The van der Waals surface area contributed by atoms with Crippen LogP contribution in [0.2, 0.25) is 0 Å². The average Bonchev–Trinajstić information content (AvgIpc) is 2.84. The maximum atomic E-state index is 12.3. The second-order valence-corrected chi connectivity index (χ2v) is 9.70. The molecule has 5 rings (SSSR count). The molecule has 2 aliphatic rings. The summed E-state index contributed by atoms with van der Waals surface area (Å²) >= 11 is 0. The summed E-state index contributed by atoms with van der Waals surface area (Å²) in [5, 5.41) is 1.07. The van der Waals surface area contributed by atoms with Crippen molar-refractivity contribution in [2.45, 2.75) is 64.7 Å². The van der Waals surface area contributed by atoms with Crippen molar-refractivity contribution in [3.8, 4) is 11.5 Å². The molecule has 0 radical (unpaired) electrons. The molecular formula is C30H35NO3. The average molecular weight is 458 g/mol. The molecule has 0 bridgehead atoms. The summed E-state index contributed by atoms with van der Waals surface area (Å²) < 4.78 is 11.7. The van der Waals surface area contributed by atoms with Crippen molar-refractivity contribution < 1.29 is 9.47 Å². The van der Waals surface area contributed by atoms with Crippen molar-refractivity contribution in [2.75, 3.05) is 13.2 Å². The van der Waals surface area contributed by atoms with E-state index in [-0.39, 0.29) is 5.56 Å². The molecular weight excluding hydrogens is 422 g/mol. The van der Waals surface area contributed by atoms with Crippen LogP contribution in [0, 0.1) is 5.92 Å². The van der Waals surface area contributed by atoms with Gasteiger partial charge in [0.25, 0.3) is 5.56 Å². The largest absolute Gasteiger partial charge is 0.486 e. The lowest BCUT2D eigenvalue weighted by Gasteiger charge is -2.21. The molecule has 1 aliphatic carbocycles. The summed E-state index contributed by atoms with van der Waals surface area (Å²) in [6, 6.07) is 14.7. The SMILES string of the molecule is CCc1cc2cc(/C(=C\CC3CCCCCCC3)c3ccc4c(c3)OCCO4)ccc2[nH]c1=O. The van der Waals surface area contributed by atoms with E-state index in [9.17, 15) is 4.79 Å². The fraction of sp³-hybridized carbons (Fsp3) is 0.433. The number of hydrogen-bond acceptors (Lipinski definition) is 3. The molecule has 0 spiro atoms. The maximum Gasteiger partial charge on any atom is 0.251 e. The molecule has 1 N–H and O–H groups in total. The number of rotatable bonds is 5. The Hall–Kier alpha value is -3.01. The fourth-order valence-corrected chi connectivity index (χ4v) is 5.36. The van der Waals surface area contributed by atoms with Gasteiger partial charge in [-0.05, 0) is 71.2 Å². The summed E-state index contributed by atoms with van der Waals surface area (Å²) in [5.74, 6) is 2.38. The number of hydrogen-bond donors (Lipinski definition) is 1. The van der Waals surface area contributed by atoms with Crippen molar-refractivity contribution in [3.05, 3.63) is 75.6 Å². The van der Waals surface area contributed by atoms with Crippen molar-refractivity contribution >= 4 is 16.5 Å². The van der Waals surface area contributed by atoms with Gasteiger partial charge in [-0.1, -0.05) is 70.1 Å². The van der Waals surface area contributed by atoms with Crippen LogP contribution < -0.4 is 15.0 Å². The third-order valence-electron chi connectivity index (χ3n) is 7.35. The first-order valence-corrected chi connectivity index (χ1v) is 13.0. The number of fused-ring (bicyclic) bond motifs is 2. The molecule has 0 atom stereocenters. The van der Waals surface area contributed by atoms with Crippen LogP contribution in [0.5, 0.6) is 11.5 Å². The first kappa shape index (κ1) is 22.8. The zero-order chi connectivity index (χ0) is 23.3. The van der Waals surface area contributed by atoms with Gasteiger partial charge in [-0.15, -0.1) is 0 Å². The first-order chi connectivity index (χ1) is 16.7. The molecule has 34 heavy (non-hydrogen) atoms. The molecule has 1 fully saturated rings. The van der Waals surface area contributed by atoms with E-state index in [4.69, 9.17) is 9.47 Å². The van der Waals surface area contributed by atoms with Crippen molar-refractivity contribution in [1.29, 1.82) is 0 Å². The quantitative estimate of drug-likeness (QED) is 0.447. The molecule has 4 nitrogen and oxygen atoms in total. The van der Waals surface area contributed by atoms with Crippen LogP contribution in [-0.2, 0) is 6.42 Å². The predicted octanol–water partition coefficient (Wildman–Crippen LogP) is 7.04. The summed E-state index contributed by atoms with van der Waals surface area (Å²) in [6.07, 6.45) is 13.7. The van der Waals surface area contributed by atoms with Gasteiger partial charge in [0.1, 0.15) is 13.2 Å². The molecule has 1 aliphatic heterocycles. The number of nitrogens with one attached hydrogen (secondary N) is 1. The lowest BCUT2D eigenvalue weighted by Crippen LogP contribution is -2.15. The van der Waals surface area contributed by atoms with Gasteiger partial charge in [-0.3, -0.25) is 4.79 Å². The summed E-state index contributed by atoms with van der Waals surface area (Å²) in [7, 11) is 0. The van der Waals surface area contributed by atoms with E-state index < -0.39 is 0 Å². The highest BCUT2D eigenvalue weighted by molar-refractivity contribution is 5.88. The van der Waals surface area contributed by atoms with Gasteiger partial charge < -0.3 is 14.5 Å². The highest BCUT2D eigenvalue weighted by atomic mass is 16.6.